The SMILES string of the molecule is COC1CN(c2ccc(C(=O)N[C@@H](C)CC(C)COCCCF)nc2OCC2COC2)C1. The van der Waals surface area contributed by atoms with Gasteiger partial charge in [-0.05, 0) is 37.8 Å². The summed E-state index contributed by atoms with van der Waals surface area (Å²) in [6.07, 6.45) is 1.38. The molecule has 0 saturated carbocycles. The van der Waals surface area contributed by atoms with E-state index in [9.17, 15) is 9.18 Å². The highest BCUT2D eigenvalue weighted by Gasteiger charge is 2.30. The Kier molecular flexibility index (Phi) is 9.50. The molecule has 1 N–H and O–H groups in total. The normalized spacial score (nSPS) is 18.6. The molecule has 0 aromatic carbocycles. The Morgan fingerprint density at radius 2 is 2.12 bits per heavy atom. The van der Waals surface area contributed by atoms with Crippen molar-refractivity contribution in [2.75, 3.05) is 64.8 Å². The molecular formula is C23H36FN3O5. The number of pyridine rings is 1. The number of aromatic nitrogens is 1. The summed E-state index contributed by atoms with van der Waals surface area (Å²) >= 11 is 0. The lowest BCUT2D eigenvalue weighted by atomic mass is 10.0. The van der Waals surface area contributed by atoms with Crippen LogP contribution in [-0.2, 0) is 14.2 Å². The van der Waals surface area contributed by atoms with Gasteiger partial charge >= 0.3 is 0 Å². The molecule has 3 rings (SSSR count). The summed E-state index contributed by atoms with van der Waals surface area (Å²) in [5.41, 5.74) is 1.21. The smallest absolute Gasteiger partial charge is 0.270 e. The molecule has 0 radical (unpaired) electrons. The number of hydrogen-bond acceptors (Lipinski definition) is 7. The van der Waals surface area contributed by atoms with Crippen molar-refractivity contribution in [3.63, 3.8) is 0 Å². The number of anilines is 1. The summed E-state index contributed by atoms with van der Waals surface area (Å²) in [5.74, 6) is 0.856. The molecular weight excluding hydrogens is 417 g/mol. The fourth-order valence-electron chi connectivity index (χ4n) is 3.74. The lowest BCUT2D eigenvalue weighted by Crippen LogP contribution is -2.52. The van der Waals surface area contributed by atoms with Gasteiger partial charge in [-0.3, -0.25) is 9.18 Å². The molecule has 0 bridgehead atoms. The molecule has 2 saturated heterocycles. The summed E-state index contributed by atoms with van der Waals surface area (Å²) in [7, 11) is 1.71. The van der Waals surface area contributed by atoms with Gasteiger partial charge in [-0.2, -0.15) is 0 Å². The van der Waals surface area contributed by atoms with Crippen LogP contribution >= 0.6 is 0 Å². The maximum atomic E-state index is 12.8. The van der Waals surface area contributed by atoms with E-state index in [1.807, 2.05) is 13.0 Å². The number of carbonyl (C=O) groups excluding carboxylic acids is 1. The number of carbonyl (C=O) groups is 1. The zero-order chi connectivity index (χ0) is 22.9. The molecule has 9 heteroatoms. The first kappa shape index (κ1) is 24.7. The van der Waals surface area contributed by atoms with Crippen molar-refractivity contribution < 1.29 is 28.1 Å². The summed E-state index contributed by atoms with van der Waals surface area (Å²) < 4.78 is 34.2. The van der Waals surface area contributed by atoms with E-state index in [2.05, 4.69) is 22.1 Å². The van der Waals surface area contributed by atoms with E-state index < -0.39 is 0 Å². The van der Waals surface area contributed by atoms with Crippen LogP contribution < -0.4 is 15.0 Å². The Hall–Kier alpha value is -1.97. The predicted molar refractivity (Wildman–Crippen MR) is 119 cm³/mol. The molecule has 2 fully saturated rings. The summed E-state index contributed by atoms with van der Waals surface area (Å²) in [6, 6.07) is 3.59. The summed E-state index contributed by atoms with van der Waals surface area (Å²) in [5, 5.41) is 3.01. The predicted octanol–water partition coefficient (Wildman–Crippen LogP) is 2.46. The van der Waals surface area contributed by atoms with E-state index in [-0.39, 0.29) is 30.6 Å². The van der Waals surface area contributed by atoms with Gasteiger partial charge in [0.1, 0.15) is 11.4 Å². The van der Waals surface area contributed by atoms with Crippen molar-refractivity contribution in [2.45, 2.75) is 38.8 Å². The van der Waals surface area contributed by atoms with Crippen molar-refractivity contribution in [1.29, 1.82) is 0 Å². The van der Waals surface area contributed by atoms with Crippen LogP contribution in [0.4, 0.5) is 10.1 Å². The number of alkyl halides is 1. The molecule has 1 amide bonds. The van der Waals surface area contributed by atoms with Crippen LogP contribution in [-0.4, -0.2) is 82.9 Å². The van der Waals surface area contributed by atoms with E-state index in [1.165, 1.54) is 0 Å². The minimum atomic E-state index is -0.364. The Morgan fingerprint density at radius 1 is 1.34 bits per heavy atom. The van der Waals surface area contributed by atoms with Crippen LogP contribution in [0.3, 0.4) is 0 Å². The van der Waals surface area contributed by atoms with Crippen LogP contribution in [0.15, 0.2) is 12.1 Å². The number of hydrogen-bond donors (Lipinski definition) is 1. The van der Waals surface area contributed by atoms with Crippen LogP contribution in [0.1, 0.15) is 37.2 Å². The first-order valence-electron chi connectivity index (χ1n) is 11.4. The van der Waals surface area contributed by atoms with E-state index >= 15 is 0 Å². The van der Waals surface area contributed by atoms with Crippen LogP contribution in [0, 0.1) is 11.8 Å². The molecule has 1 unspecified atom stereocenters. The largest absolute Gasteiger partial charge is 0.476 e. The summed E-state index contributed by atoms with van der Waals surface area (Å²) in [6.45, 7) is 8.08. The molecule has 0 aliphatic carbocycles. The standard InChI is InChI=1S/C23H36FN3O5/c1-16(12-30-8-4-7-24)9-17(2)25-22(28)20-5-6-21(27-10-19(11-27)29-3)23(26-20)32-15-18-13-31-14-18/h5-6,16-19H,4,7-15H2,1-3H3,(H,25,28)/t16?,17-/m0/s1. The van der Waals surface area contributed by atoms with Crippen molar-refractivity contribution in [1.82, 2.24) is 10.3 Å². The van der Waals surface area contributed by atoms with Gasteiger partial charge in [-0.25, -0.2) is 4.98 Å². The lowest BCUT2D eigenvalue weighted by molar-refractivity contribution is -0.0514. The van der Waals surface area contributed by atoms with Gasteiger partial charge in [0.25, 0.3) is 5.91 Å². The second-order valence-corrected chi connectivity index (χ2v) is 8.83. The third-order valence-corrected chi connectivity index (χ3v) is 5.72. The van der Waals surface area contributed by atoms with Gasteiger partial charge in [0, 0.05) is 45.4 Å². The van der Waals surface area contributed by atoms with Gasteiger partial charge in [-0.1, -0.05) is 6.92 Å². The number of nitrogens with zero attached hydrogens (tertiary/aromatic N) is 2. The van der Waals surface area contributed by atoms with Crippen molar-refractivity contribution in [3.8, 4) is 5.88 Å². The molecule has 8 nitrogen and oxygen atoms in total. The Balaban J connectivity index is 1.56. The van der Waals surface area contributed by atoms with Crippen molar-refractivity contribution in [2.24, 2.45) is 11.8 Å². The molecule has 180 valence electrons. The number of rotatable bonds is 14. The van der Waals surface area contributed by atoms with Crippen molar-refractivity contribution in [3.05, 3.63) is 17.8 Å². The molecule has 2 aliphatic heterocycles. The molecule has 2 atom stereocenters. The molecule has 32 heavy (non-hydrogen) atoms. The van der Waals surface area contributed by atoms with Gasteiger partial charge in [0.05, 0.1) is 32.6 Å². The Morgan fingerprint density at radius 3 is 2.78 bits per heavy atom. The number of ether oxygens (including phenoxy) is 4. The van der Waals surface area contributed by atoms with Crippen molar-refractivity contribution >= 4 is 11.6 Å². The monoisotopic (exact) mass is 453 g/mol. The highest BCUT2D eigenvalue weighted by atomic mass is 19.1. The van der Waals surface area contributed by atoms with E-state index in [0.29, 0.717) is 56.9 Å². The Bertz CT molecular complexity index is 728. The minimum absolute atomic E-state index is 0.0434. The quantitative estimate of drug-likeness (QED) is 0.433. The first-order chi connectivity index (χ1) is 15.5. The maximum absolute atomic E-state index is 12.8. The molecule has 2 aliphatic rings. The topological polar surface area (TPSA) is 82.2 Å². The first-order valence-corrected chi connectivity index (χ1v) is 11.4. The van der Waals surface area contributed by atoms with Crippen LogP contribution in [0.25, 0.3) is 0 Å². The second-order valence-electron chi connectivity index (χ2n) is 8.83. The zero-order valence-corrected chi connectivity index (χ0v) is 19.3. The van der Waals surface area contributed by atoms with Gasteiger partial charge in [0.2, 0.25) is 5.88 Å². The van der Waals surface area contributed by atoms with Crippen LogP contribution in [0.5, 0.6) is 5.88 Å². The number of amides is 1. The highest BCUT2D eigenvalue weighted by molar-refractivity contribution is 5.93. The van der Waals surface area contributed by atoms with E-state index in [0.717, 1.165) is 25.2 Å². The fourth-order valence-corrected chi connectivity index (χ4v) is 3.74. The number of methoxy groups -OCH3 is 1. The third-order valence-electron chi connectivity index (χ3n) is 5.72. The van der Waals surface area contributed by atoms with Crippen LogP contribution in [0.2, 0.25) is 0 Å². The van der Waals surface area contributed by atoms with E-state index in [1.54, 1.807) is 13.2 Å². The second kappa shape index (κ2) is 12.3. The third kappa shape index (κ3) is 7.02. The highest BCUT2D eigenvalue weighted by Crippen LogP contribution is 2.31. The number of halogens is 1. The van der Waals surface area contributed by atoms with Gasteiger partial charge in [0.15, 0.2) is 0 Å². The summed E-state index contributed by atoms with van der Waals surface area (Å²) in [4.78, 5) is 19.5. The average Bonchev–Trinajstić information content (AvgIpc) is 2.70. The van der Waals surface area contributed by atoms with Gasteiger partial charge in [-0.15, -0.1) is 0 Å². The fraction of sp³-hybridized carbons (Fsp3) is 0.739. The number of nitrogens with one attached hydrogen (secondary N) is 1. The molecule has 3 heterocycles. The lowest BCUT2D eigenvalue weighted by Gasteiger charge is -2.40. The molecule has 0 spiro atoms. The maximum Gasteiger partial charge on any atom is 0.270 e. The minimum Gasteiger partial charge on any atom is -0.476 e. The Labute approximate surface area is 189 Å². The average molecular weight is 454 g/mol. The van der Waals surface area contributed by atoms with E-state index in [4.69, 9.17) is 18.9 Å². The molecule has 1 aromatic rings. The molecule has 1 aromatic heterocycles. The van der Waals surface area contributed by atoms with Gasteiger partial charge < -0.3 is 29.2 Å². The zero-order valence-electron chi connectivity index (χ0n) is 19.3.